The lowest BCUT2D eigenvalue weighted by atomic mass is 9.81. The number of amides is 2. The summed E-state index contributed by atoms with van der Waals surface area (Å²) in [6, 6.07) is 13.3. The zero-order valence-corrected chi connectivity index (χ0v) is 15.6. The van der Waals surface area contributed by atoms with Crippen molar-refractivity contribution in [1.82, 2.24) is 0 Å². The molecule has 0 spiro atoms. The second kappa shape index (κ2) is 7.46. The van der Waals surface area contributed by atoms with Crippen LogP contribution in [-0.2, 0) is 9.59 Å². The van der Waals surface area contributed by atoms with E-state index in [9.17, 15) is 14.4 Å². The molecular weight excluding hydrogens is 358 g/mol. The molecule has 2 atom stereocenters. The monoisotopic (exact) mass is 379 g/mol. The summed E-state index contributed by atoms with van der Waals surface area (Å²) in [7, 11) is 1.52. The first kappa shape index (κ1) is 18.2. The first-order valence-electron chi connectivity index (χ1n) is 9.43. The number of hydrogen-bond acceptors (Lipinski definition) is 5. The van der Waals surface area contributed by atoms with Crippen LogP contribution >= 0.6 is 0 Å². The van der Waals surface area contributed by atoms with E-state index in [1.54, 1.807) is 48.5 Å². The first-order chi connectivity index (χ1) is 13.6. The number of carbonyl (C=O) groups excluding carboxylic acids is 3. The fraction of sp³-hybridized carbons (Fsp3) is 0.318. The van der Waals surface area contributed by atoms with Gasteiger partial charge in [-0.3, -0.25) is 9.59 Å². The molecule has 0 radical (unpaired) electrons. The number of ether oxygens (including phenoxy) is 2. The van der Waals surface area contributed by atoms with Crippen molar-refractivity contribution in [2.24, 2.45) is 11.8 Å². The fourth-order valence-corrected chi connectivity index (χ4v) is 4.04. The quantitative estimate of drug-likeness (QED) is 0.461. The molecule has 1 aliphatic heterocycles. The molecule has 4 rings (SSSR count). The molecule has 0 unspecified atom stereocenters. The summed E-state index contributed by atoms with van der Waals surface area (Å²) in [5.74, 6) is -0.763. The Labute approximate surface area is 163 Å². The van der Waals surface area contributed by atoms with Gasteiger partial charge in [-0.15, -0.1) is 0 Å². The number of benzene rings is 2. The third kappa shape index (κ3) is 3.15. The number of rotatable bonds is 4. The molecule has 2 fully saturated rings. The number of anilines is 1. The summed E-state index contributed by atoms with van der Waals surface area (Å²) >= 11 is 0. The molecule has 0 aromatic heterocycles. The molecule has 2 aromatic carbocycles. The van der Waals surface area contributed by atoms with Crippen molar-refractivity contribution in [3.8, 4) is 11.5 Å². The molecule has 1 saturated heterocycles. The first-order valence-corrected chi connectivity index (χ1v) is 9.43. The Morgan fingerprint density at radius 1 is 0.964 bits per heavy atom. The highest BCUT2D eigenvalue weighted by atomic mass is 16.5. The van der Waals surface area contributed by atoms with E-state index >= 15 is 0 Å². The van der Waals surface area contributed by atoms with Crippen LogP contribution in [0.3, 0.4) is 0 Å². The molecule has 6 heteroatoms. The third-order valence-electron chi connectivity index (χ3n) is 5.46. The molecule has 28 heavy (non-hydrogen) atoms. The van der Waals surface area contributed by atoms with Crippen molar-refractivity contribution in [3.05, 3.63) is 54.1 Å². The normalized spacial score (nSPS) is 21.4. The van der Waals surface area contributed by atoms with Crippen LogP contribution < -0.4 is 14.4 Å². The highest BCUT2D eigenvalue weighted by Crippen LogP contribution is 2.42. The SMILES string of the molecule is COc1cccc(C(=O)Oc2ccccc2N2C(=O)[C@H]3CCCC[C@H]3C2=O)c1. The Bertz CT molecular complexity index is 914. The van der Waals surface area contributed by atoms with Gasteiger partial charge in [-0.05, 0) is 43.2 Å². The van der Waals surface area contributed by atoms with Crippen molar-refractivity contribution in [1.29, 1.82) is 0 Å². The van der Waals surface area contributed by atoms with Gasteiger partial charge in [-0.2, -0.15) is 0 Å². The fourth-order valence-electron chi connectivity index (χ4n) is 4.04. The number of hydrogen-bond donors (Lipinski definition) is 0. The Morgan fingerprint density at radius 3 is 2.32 bits per heavy atom. The molecule has 0 N–H and O–H groups in total. The number of esters is 1. The smallest absolute Gasteiger partial charge is 0.343 e. The lowest BCUT2D eigenvalue weighted by Crippen LogP contribution is -2.31. The van der Waals surface area contributed by atoms with E-state index in [1.807, 2.05) is 0 Å². The minimum absolute atomic E-state index is 0.190. The second-order valence-electron chi connectivity index (χ2n) is 7.10. The highest BCUT2D eigenvalue weighted by Gasteiger charge is 2.49. The van der Waals surface area contributed by atoms with Crippen molar-refractivity contribution in [2.45, 2.75) is 25.7 Å². The predicted molar refractivity (Wildman–Crippen MR) is 102 cm³/mol. The van der Waals surface area contributed by atoms with Gasteiger partial charge in [0.2, 0.25) is 11.8 Å². The summed E-state index contributed by atoms with van der Waals surface area (Å²) in [5.41, 5.74) is 0.644. The van der Waals surface area contributed by atoms with E-state index in [0.717, 1.165) is 25.7 Å². The summed E-state index contributed by atoms with van der Waals surface area (Å²) in [6.45, 7) is 0. The Morgan fingerprint density at radius 2 is 1.64 bits per heavy atom. The lowest BCUT2D eigenvalue weighted by molar-refractivity contribution is -0.122. The van der Waals surface area contributed by atoms with E-state index in [0.29, 0.717) is 17.0 Å². The van der Waals surface area contributed by atoms with Crippen LogP contribution in [0.5, 0.6) is 11.5 Å². The van der Waals surface area contributed by atoms with Crippen molar-refractivity contribution in [3.63, 3.8) is 0 Å². The van der Waals surface area contributed by atoms with E-state index < -0.39 is 5.97 Å². The van der Waals surface area contributed by atoms with Gasteiger partial charge >= 0.3 is 5.97 Å². The molecule has 2 aromatic rings. The Kier molecular flexibility index (Phi) is 4.86. The zero-order valence-electron chi connectivity index (χ0n) is 15.6. The topological polar surface area (TPSA) is 72.9 Å². The zero-order chi connectivity index (χ0) is 19.7. The minimum atomic E-state index is -0.581. The van der Waals surface area contributed by atoms with E-state index in [4.69, 9.17) is 9.47 Å². The van der Waals surface area contributed by atoms with Crippen LogP contribution in [-0.4, -0.2) is 24.9 Å². The second-order valence-corrected chi connectivity index (χ2v) is 7.10. The number of fused-ring (bicyclic) bond motifs is 1. The number of carbonyl (C=O) groups is 3. The molecule has 2 aliphatic rings. The van der Waals surface area contributed by atoms with Gasteiger partial charge in [0.1, 0.15) is 5.75 Å². The number of nitrogens with zero attached hydrogens (tertiary/aromatic N) is 1. The molecule has 2 amide bonds. The predicted octanol–water partition coefficient (Wildman–Crippen LogP) is 3.59. The molecule has 0 bridgehead atoms. The van der Waals surface area contributed by atoms with Crippen LogP contribution in [0.15, 0.2) is 48.5 Å². The van der Waals surface area contributed by atoms with Gasteiger partial charge in [0.05, 0.1) is 30.2 Å². The summed E-state index contributed by atoms with van der Waals surface area (Å²) in [6.07, 6.45) is 3.38. The van der Waals surface area contributed by atoms with Gasteiger partial charge in [0.15, 0.2) is 5.75 Å². The molecule has 6 nitrogen and oxygen atoms in total. The van der Waals surface area contributed by atoms with Gasteiger partial charge < -0.3 is 9.47 Å². The minimum Gasteiger partial charge on any atom is -0.497 e. The Balaban J connectivity index is 1.63. The average Bonchev–Trinajstić information content (AvgIpc) is 2.99. The van der Waals surface area contributed by atoms with E-state index in [2.05, 4.69) is 0 Å². The maximum atomic E-state index is 12.9. The van der Waals surface area contributed by atoms with Gasteiger partial charge in [-0.25, -0.2) is 9.69 Å². The number of para-hydroxylation sites is 2. The van der Waals surface area contributed by atoms with Gasteiger partial charge in [-0.1, -0.05) is 31.0 Å². The summed E-state index contributed by atoms with van der Waals surface area (Å²) in [4.78, 5) is 39.6. The van der Waals surface area contributed by atoms with Crippen molar-refractivity contribution in [2.75, 3.05) is 12.0 Å². The van der Waals surface area contributed by atoms with E-state index in [-0.39, 0.29) is 29.4 Å². The molecule has 1 heterocycles. The third-order valence-corrected chi connectivity index (χ3v) is 5.46. The largest absolute Gasteiger partial charge is 0.497 e. The average molecular weight is 379 g/mol. The number of imide groups is 1. The maximum Gasteiger partial charge on any atom is 0.343 e. The standard InChI is InChI=1S/C22H21NO5/c1-27-15-8-6-7-14(13-15)22(26)28-19-12-5-4-11-18(19)23-20(24)16-9-2-3-10-17(16)21(23)25/h4-8,11-13,16-17H,2-3,9-10H2,1H3/t16-,17+. The van der Waals surface area contributed by atoms with Crippen molar-refractivity contribution < 1.29 is 23.9 Å². The molecular formula is C22H21NO5. The van der Waals surface area contributed by atoms with Crippen LogP contribution in [0.1, 0.15) is 36.0 Å². The van der Waals surface area contributed by atoms with Crippen LogP contribution in [0.2, 0.25) is 0 Å². The van der Waals surface area contributed by atoms with Crippen LogP contribution in [0.4, 0.5) is 5.69 Å². The summed E-state index contributed by atoms with van der Waals surface area (Å²) in [5, 5.41) is 0. The van der Waals surface area contributed by atoms with Crippen LogP contribution in [0.25, 0.3) is 0 Å². The van der Waals surface area contributed by atoms with Crippen molar-refractivity contribution >= 4 is 23.5 Å². The maximum absolute atomic E-state index is 12.9. The van der Waals surface area contributed by atoms with Crippen LogP contribution in [0, 0.1) is 11.8 Å². The molecule has 1 saturated carbocycles. The molecule has 1 aliphatic carbocycles. The Hall–Kier alpha value is -3.15. The van der Waals surface area contributed by atoms with Gasteiger partial charge in [0, 0.05) is 0 Å². The molecule has 144 valence electrons. The summed E-state index contributed by atoms with van der Waals surface area (Å²) < 4.78 is 10.7. The number of methoxy groups -OCH3 is 1. The van der Waals surface area contributed by atoms with E-state index in [1.165, 1.54) is 12.0 Å². The lowest BCUT2D eigenvalue weighted by Gasteiger charge is -2.19. The highest BCUT2D eigenvalue weighted by molar-refractivity contribution is 6.22. The van der Waals surface area contributed by atoms with Gasteiger partial charge in [0.25, 0.3) is 0 Å².